The highest BCUT2D eigenvalue weighted by molar-refractivity contribution is 5.10. The second-order valence-electron chi connectivity index (χ2n) is 3.01. The highest BCUT2D eigenvalue weighted by Gasteiger charge is 2.08. The Balaban J connectivity index is 2.97. The molecule has 1 aromatic rings. The number of nitrogens with zero attached hydrogens (tertiary/aromatic N) is 3. The molecule has 0 unspecified atom stereocenters. The molecule has 0 amide bonds. The summed E-state index contributed by atoms with van der Waals surface area (Å²) in [5, 5.41) is 8.59. The summed E-state index contributed by atoms with van der Waals surface area (Å²) in [6.07, 6.45) is 0. The molecule has 0 N–H and O–H groups in total. The molecule has 0 bridgehead atoms. The van der Waals surface area contributed by atoms with Crippen LogP contribution in [0.25, 0.3) is 0 Å². The van der Waals surface area contributed by atoms with Crippen molar-refractivity contribution in [1.29, 1.82) is 0 Å². The van der Waals surface area contributed by atoms with Gasteiger partial charge in [0.05, 0.1) is 17.9 Å². The molecule has 0 atom stereocenters. The molecule has 1 rings (SSSR count). The average Bonchev–Trinajstić information content (AvgIpc) is 2.30. The lowest BCUT2D eigenvalue weighted by Gasteiger charge is -1.97. The zero-order valence-corrected chi connectivity index (χ0v) is 7.63. The lowest BCUT2D eigenvalue weighted by atomic mass is 10.1. The van der Waals surface area contributed by atoms with Crippen LogP contribution in [0, 0.1) is 6.92 Å². The van der Waals surface area contributed by atoms with Crippen LogP contribution in [0.2, 0.25) is 0 Å². The number of hydrogen-bond acceptors (Lipinski definition) is 2. The molecule has 11 heavy (non-hydrogen) atoms. The van der Waals surface area contributed by atoms with Crippen molar-refractivity contribution in [3.63, 3.8) is 0 Å². The maximum atomic E-state index is 4.33. The van der Waals surface area contributed by atoms with E-state index in [1.165, 1.54) is 0 Å². The van der Waals surface area contributed by atoms with Gasteiger partial charge in [-0.25, -0.2) is 0 Å². The van der Waals surface area contributed by atoms with Crippen LogP contribution in [0.4, 0.5) is 0 Å². The van der Waals surface area contributed by atoms with E-state index in [4.69, 9.17) is 0 Å². The molecule has 0 saturated carbocycles. The zero-order valence-electron chi connectivity index (χ0n) is 7.63. The van der Waals surface area contributed by atoms with Gasteiger partial charge in [-0.3, -0.25) is 0 Å². The fraction of sp³-hybridized carbons (Fsp3) is 0.750. The first-order valence-electron chi connectivity index (χ1n) is 4.06. The molecule has 1 aromatic heterocycles. The Kier molecular flexibility index (Phi) is 2.27. The molecule has 62 valence electrons. The van der Waals surface area contributed by atoms with E-state index in [1.54, 1.807) is 4.80 Å². The van der Waals surface area contributed by atoms with Gasteiger partial charge in [0.25, 0.3) is 0 Å². The van der Waals surface area contributed by atoms with Gasteiger partial charge in [0.15, 0.2) is 0 Å². The molecule has 0 radical (unpaired) electrons. The quantitative estimate of drug-likeness (QED) is 0.647. The Bertz CT molecular complexity index is 237. The van der Waals surface area contributed by atoms with Crippen molar-refractivity contribution in [1.82, 2.24) is 15.0 Å². The van der Waals surface area contributed by atoms with E-state index in [2.05, 4.69) is 24.0 Å². The highest BCUT2D eigenvalue weighted by atomic mass is 15.5. The van der Waals surface area contributed by atoms with E-state index in [1.807, 2.05) is 13.8 Å². The van der Waals surface area contributed by atoms with Crippen LogP contribution < -0.4 is 0 Å². The van der Waals surface area contributed by atoms with Gasteiger partial charge in [0.2, 0.25) is 0 Å². The molecule has 0 aromatic carbocycles. The van der Waals surface area contributed by atoms with Crippen molar-refractivity contribution >= 4 is 0 Å². The molecular formula is C8H15N3. The third-order valence-electron chi connectivity index (χ3n) is 1.69. The average molecular weight is 153 g/mol. The Morgan fingerprint density at radius 3 is 2.27 bits per heavy atom. The van der Waals surface area contributed by atoms with Gasteiger partial charge in [-0.15, -0.1) is 0 Å². The minimum Gasteiger partial charge on any atom is -0.185 e. The number of aromatic nitrogens is 3. The predicted octanol–water partition coefficient (Wildman–Crippen LogP) is 1.73. The second-order valence-corrected chi connectivity index (χ2v) is 3.01. The zero-order chi connectivity index (χ0) is 8.43. The van der Waals surface area contributed by atoms with Gasteiger partial charge >= 0.3 is 0 Å². The van der Waals surface area contributed by atoms with E-state index in [-0.39, 0.29) is 0 Å². The van der Waals surface area contributed by atoms with Gasteiger partial charge in [-0.1, -0.05) is 13.8 Å². The minimum atomic E-state index is 0.482. The van der Waals surface area contributed by atoms with Crippen molar-refractivity contribution in [3.8, 4) is 0 Å². The maximum absolute atomic E-state index is 4.33. The van der Waals surface area contributed by atoms with Gasteiger partial charge in [-0.05, 0) is 19.8 Å². The van der Waals surface area contributed by atoms with Gasteiger partial charge in [0, 0.05) is 0 Å². The lowest BCUT2D eigenvalue weighted by molar-refractivity contribution is 0.558. The number of hydrogen-bond donors (Lipinski definition) is 0. The van der Waals surface area contributed by atoms with E-state index in [0.717, 1.165) is 17.9 Å². The summed E-state index contributed by atoms with van der Waals surface area (Å²) < 4.78 is 0. The topological polar surface area (TPSA) is 30.7 Å². The number of rotatable bonds is 2. The van der Waals surface area contributed by atoms with Crippen LogP contribution in [0.1, 0.15) is 38.1 Å². The Morgan fingerprint density at radius 2 is 2.00 bits per heavy atom. The second kappa shape index (κ2) is 3.03. The SMILES string of the molecule is CCn1nc(C)c(C(C)C)n1. The normalized spacial score (nSPS) is 11.0. The Morgan fingerprint density at radius 1 is 1.36 bits per heavy atom. The highest BCUT2D eigenvalue weighted by Crippen LogP contribution is 2.13. The first-order valence-corrected chi connectivity index (χ1v) is 4.06. The molecule has 0 saturated heterocycles. The molecule has 0 fully saturated rings. The van der Waals surface area contributed by atoms with Crippen molar-refractivity contribution in [2.75, 3.05) is 0 Å². The van der Waals surface area contributed by atoms with Crippen LogP contribution in [-0.2, 0) is 6.54 Å². The van der Waals surface area contributed by atoms with Crippen molar-refractivity contribution < 1.29 is 0 Å². The van der Waals surface area contributed by atoms with Crippen LogP contribution in [0.5, 0.6) is 0 Å². The van der Waals surface area contributed by atoms with Gasteiger partial charge in [-0.2, -0.15) is 15.0 Å². The minimum absolute atomic E-state index is 0.482. The molecule has 3 heteroatoms. The Hall–Kier alpha value is -0.860. The maximum Gasteiger partial charge on any atom is 0.0881 e. The van der Waals surface area contributed by atoms with Crippen LogP contribution >= 0.6 is 0 Å². The molecule has 0 aliphatic rings. The Labute approximate surface area is 67.4 Å². The first kappa shape index (κ1) is 8.24. The third-order valence-corrected chi connectivity index (χ3v) is 1.69. The van der Waals surface area contributed by atoms with Crippen molar-refractivity contribution in [2.45, 2.75) is 40.2 Å². The lowest BCUT2D eigenvalue weighted by Crippen LogP contribution is -1.99. The van der Waals surface area contributed by atoms with Crippen molar-refractivity contribution in [3.05, 3.63) is 11.4 Å². The monoisotopic (exact) mass is 153 g/mol. The van der Waals surface area contributed by atoms with Gasteiger partial charge in [0.1, 0.15) is 0 Å². The van der Waals surface area contributed by atoms with E-state index in [9.17, 15) is 0 Å². The van der Waals surface area contributed by atoms with E-state index >= 15 is 0 Å². The summed E-state index contributed by atoms with van der Waals surface area (Å²) in [4.78, 5) is 1.74. The summed E-state index contributed by atoms with van der Waals surface area (Å²) in [5.41, 5.74) is 2.17. The fourth-order valence-corrected chi connectivity index (χ4v) is 1.12. The molecule has 0 aliphatic carbocycles. The third kappa shape index (κ3) is 1.59. The molecule has 0 spiro atoms. The smallest absolute Gasteiger partial charge is 0.0881 e. The number of aryl methyl sites for hydroxylation is 2. The molecule has 3 nitrogen and oxygen atoms in total. The van der Waals surface area contributed by atoms with Crippen LogP contribution in [0.15, 0.2) is 0 Å². The summed E-state index contributed by atoms with van der Waals surface area (Å²) in [5.74, 6) is 0.482. The summed E-state index contributed by atoms with van der Waals surface area (Å²) in [6, 6.07) is 0. The van der Waals surface area contributed by atoms with Crippen LogP contribution in [0.3, 0.4) is 0 Å². The molecule has 1 heterocycles. The molecular weight excluding hydrogens is 138 g/mol. The van der Waals surface area contributed by atoms with Gasteiger partial charge < -0.3 is 0 Å². The summed E-state index contributed by atoms with van der Waals surface area (Å²) in [7, 11) is 0. The van der Waals surface area contributed by atoms with Crippen molar-refractivity contribution in [2.24, 2.45) is 0 Å². The summed E-state index contributed by atoms with van der Waals surface area (Å²) in [6.45, 7) is 9.18. The van der Waals surface area contributed by atoms with E-state index in [0.29, 0.717) is 5.92 Å². The van der Waals surface area contributed by atoms with Crippen LogP contribution in [-0.4, -0.2) is 15.0 Å². The summed E-state index contributed by atoms with van der Waals surface area (Å²) >= 11 is 0. The predicted molar refractivity (Wildman–Crippen MR) is 44.5 cm³/mol. The standard InChI is InChI=1S/C8H15N3/c1-5-11-9-7(4)8(10-11)6(2)3/h6H,5H2,1-4H3. The largest absolute Gasteiger partial charge is 0.185 e. The molecule has 0 aliphatic heterocycles. The van der Waals surface area contributed by atoms with E-state index < -0.39 is 0 Å². The first-order chi connectivity index (χ1) is 5.15. The fourth-order valence-electron chi connectivity index (χ4n) is 1.12.